The second kappa shape index (κ2) is 3.98. The molecule has 5 rings (SSSR count). The van der Waals surface area contributed by atoms with Crippen LogP contribution in [0, 0.1) is 29.1 Å². The largest absolute Gasteiger partial charge is 0.466 e. The van der Waals surface area contributed by atoms with Gasteiger partial charge < -0.3 is 19.3 Å². The summed E-state index contributed by atoms with van der Waals surface area (Å²) in [6, 6.07) is 0. The van der Waals surface area contributed by atoms with Crippen LogP contribution < -0.4 is 0 Å². The van der Waals surface area contributed by atoms with E-state index in [1.54, 1.807) is 0 Å². The molecule has 0 aromatic rings. The Kier molecular flexibility index (Phi) is 2.42. The summed E-state index contributed by atoms with van der Waals surface area (Å²) in [6.45, 7) is 3.80. The van der Waals surface area contributed by atoms with Crippen LogP contribution in [0.3, 0.4) is 0 Å². The monoisotopic (exact) mass is 320 g/mol. The molecule has 23 heavy (non-hydrogen) atoms. The van der Waals surface area contributed by atoms with Crippen molar-refractivity contribution in [1.29, 1.82) is 0 Å². The van der Waals surface area contributed by atoms with Crippen molar-refractivity contribution in [3.8, 4) is 0 Å². The highest BCUT2D eigenvalue weighted by atomic mass is 16.8. The molecule has 0 unspecified atom stereocenters. The Hall–Kier alpha value is -1.40. The summed E-state index contributed by atoms with van der Waals surface area (Å²) in [7, 11) is 0. The minimum Gasteiger partial charge on any atom is -0.466 e. The van der Waals surface area contributed by atoms with Crippen LogP contribution in [0.1, 0.15) is 26.7 Å². The molecule has 0 radical (unpaired) electrons. The average molecular weight is 320 g/mol. The maximum Gasteiger partial charge on any atom is 0.339 e. The van der Waals surface area contributed by atoms with Gasteiger partial charge in [0.05, 0.1) is 18.8 Å². The van der Waals surface area contributed by atoms with E-state index in [-0.39, 0.29) is 24.1 Å². The first-order chi connectivity index (χ1) is 10.9. The van der Waals surface area contributed by atoms with Crippen molar-refractivity contribution >= 4 is 11.9 Å². The van der Waals surface area contributed by atoms with Gasteiger partial charge in [0.25, 0.3) is 5.79 Å². The van der Waals surface area contributed by atoms with Crippen LogP contribution >= 0.6 is 0 Å². The van der Waals surface area contributed by atoms with Gasteiger partial charge in [-0.15, -0.1) is 0 Å². The van der Waals surface area contributed by atoms with Crippen molar-refractivity contribution < 1.29 is 28.9 Å². The second-order valence-corrected chi connectivity index (χ2v) is 7.82. The summed E-state index contributed by atoms with van der Waals surface area (Å²) in [5.74, 6) is 0.130. The van der Waals surface area contributed by atoms with E-state index < -0.39 is 11.8 Å². The molecule has 6 nitrogen and oxygen atoms in total. The fourth-order valence-electron chi connectivity index (χ4n) is 5.88. The normalized spacial score (nSPS) is 51.4. The van der Waals surface area contributed by atoms with Gasteiger partial charge in [-0.1, -0.05) is 6.92 Å². The highest BCUT2D eigenvalue weighted by Crippen LogP contribution is 2.78. The van der Waals surface area contributed by atoms with Crippen molar-refractivity contribution in [1.82, 2.24) is 0 Å². The van der Waals surface area contributed by atoms with Crippen molar-refractivity contribution in [3.63, 3.8) is 0 Å². The third-order valence-electron chi connectivity index (χ3n) is 6.99. The molecule has 0 amide bonds. The van der Waals surface area contributed by atoms with Crippen LogP contribution in [-0.4, -0.2) is 42.1 Å². The van der Waals surface area contributed by atoms with Gasteiger partial charge in [-0.05, 0) is 36.5 Å². The summed E-state index contributed by atoms with van der Waals surface area (Å²) >= 11 is 0. The van der Waals surface area contributed by atoms with Crippen molar-refractivity contribution in [2.24, 2.45) is 29.1 Å². The van der Waals surface area contributed by atoms with E-state index in [1.165, 1.54) is 6.92 Å². The zero-order chi connectivity index (χ0) is 16.1. The Morgan fingerprint density at radius 2 is 2.22 bits per heavy atom. The number of carbonyl (C=O) groups is 2. The molecule has 3 saturated carbocycles. The predicted octanol–water partition coefficient (Wildman–Crippen LogP) is 0.782. The number of rotatable bonds is 3. The number of aliphatic hydroxyl groups is 1. The lowest BCUT2D eigenvalue weighted by Gasteiger charge is -2.40. The van der Waals surface area contributed by atoms with Crippen LogP contribution in [0.4, 0.5) is 0 Å². The summed E-state index contributed by atoms with van der Waals surface area (Å²) in [5.41, 5.74) is 1.15. The topological polar surface area (TPSA) is 85.4 Å². The molecule has 1 spiro atoms. The molecular weight excluding hydrogens is 300 g/mol. The number of ether oxygens (including phenoxy) is 3. The molecule has 1 saturated heterocycles. The molecule has 4 fully saturated rings. The van der Waals surface area contributed by atoms with E-state index in [0.717, 1.165) is 12.0 Å². The van der Waals surface area contributed by atoms with Crippen LogP contribution in [0.5, 0.6) is 0 Å². The molecular formula is C17H20O6. The molecule has 7 atom stereocenters. The van der Waals surface area contributed by atoms with Crippen LogP contribution in [-0.2, 0) is 23.8 Å². The minimum atomic E-state index is -0.899. The summed E-state index contributed by atoms with van der Waals surface area (Å²) in [6.07, 6.45) is 1.71. The number of esters is 2. The van der Waals surface area contributed by atoms with Crippen LogP contribution in [0.15, 0.2) is 11.1 Å². The van der Waals surface area contributed by atoms with Crippen molar-refractivity contribution in [2.75, 3.05) is 13.2 Å². The number of hydrogen-bond donors (Lipinski definition) is 1. The van der Waals surface area contributed by atoms with Gasteiger partial charge in [0.15, 0.2) is 0 Å². The summed E-state index contributed by atoms with van der Waals surface area (Å²) in [4.78, 5) is 23.2. The van der Waals surface area contributed by atoms with Crippen LogP contribution in [0.25, 0.3) is 0 Å². The maximum absolute atomic E-state index is 12.0. The van der Waals surface area contributed by atoms with Crippen molar-refractivity contribution in [3.05, 3.63) is 11.1 Å². The fraction of sp³-hybridized carbons (Fsp3) is 0.765. The van der Waals surface area contributed by atoms with Gasteiger partial charge in [0.2, 0.25) is 0 Å². The number of carbonyl (C=O) groups excluding carboxylic acids is 2. The molecule has 3 aliphatic carbocycles. The quantitative estimate of drug-likeness (QED) is 0.611. The molecule has 0 aromatic carbocycles. The summed E-state index contributed by atoms with van der Waals surface area (Å²) < 4.78 is 16.8. The number of aliphatic hydroxyl groups excluding tert-OH is 1. The minimum absolute atomic E-state index is 0.0375. The van der Waals surface area contributed by atoms with Gasteiger partial charge in [-0.3, -0.25) is 4.79 Å². The zero-order valence-electron chi connectivity index (χ0n) is 13.2. The molecule has 0 bridgehead atoms. The van der Waals surface area contributed by atoms with Gasteiger partial charge in [-0.25, -0.2) is 4.79 Å². The Bertz CT molecular complexity index is 668. The first-order valence-corrected chi connectivity index (χ1v) is 8.31. The van der Waals surface area contributed by atoms with Gasteiger partial charge in [-0.2, -0.15) is 0 Å². The molecule has 1 N–H and O–H groups in total. The Balaban J connectivity index is 1.52. The van der Waals surface area contributed by atoms with E-state index in [4.69, 9.17) is 14.2 Å². The highest BCUT2D eigenvalue weighted by molar-refractivity contribution is 5.94. The molecule has 2 heterocycles. The average Bonchev–Trinajstić information content (AvgIpc) is 3.36. The lowest BCUT2D eigenvalue weighted by Crippen LogP contribution is -2.44. The van der Waals surface area contributed by atoms with Crippen molar-refractivity contribution in [2.45, 2.75) is 38.6 Å². The molecule has 0 aromatic heterocycles. The van der Waals surface area contributed by atoms with E-state index in [1.807, 2.05) is 0 Å². The van der Waals surface area contributed by atoms with E-state index in [9.17, 15) is 14.7 Å². The van der Waals surface area contributed by atoms with Gasteiger partial charge >= 0.3 is 11.9 Å². The Morgan fingerprint density at radius 3 is 2.91 bits per heavy atom. The number of hydrogen-bond acceptors (Lipinski definition) is 6. The van der Waals surface area contributed by atoms with Crippen LogP contribution in [0.2, 0.25) is 0 Å². The Morgan fingerprint density at radius 1 is 1.43 bits per heavy atom. The predicted molar refractivity (Wildman–Crippen MR) is 75.7 cm³/mol. The zero-order valence-corrected chi connectivity index (χ0v) is 13.2. The molecule has 5 aliphatic rings. The smallest absolute Gasteiger partial charge is 0.339 e. The highest BCUT2D eigenvalue weighted by Gasteiger charge is 2.83. The lowest BCUT2D eigenvalue weighted by atomic mass is 9.62. The molecule has 124 valence electrons. The third kappa shape index (κ3) is 1.47. The maximum atomic E-state index is 12.0. The van der Waals surface area contributed by atoms with E-state index in [0.29, 0.717) is 42.3 Å². The first-order valence-electron chi connectivity index (χ1n) is 8.31. The van der Waals surface area contributed by atoms with E-state index >= 15 is 0 Å². The molecule has 2 aliphatic heterocycles. The summed E-state index contributed by atoms with van der Waals surface area (Å²) in [5, 5.41) is 9.53. The number of epoxide rings is 1. The first kappa shape index (κ1) is 14.0. The van der Waals surface area contributed by atoms with E-state index in [2.05, 4.69) is 6.92 Å². The fourth-order valence-corrected chi connectivity index (χ4v) is 5.88. The molecule has 6 heteroatoms. The third-order valence-corrected chi connectivity index (χ3v) is 6.99. The van der Waals surface area contributed by atoms with Gasteiger partial charge in [0, 0.05) is 17.9 Å². The number of fused-ring (bicyclic) bond motifs is 4. The second-order valence-electron chi connectivity index (χ2n) is 7.82. The lowest BCUT2D eigenvalue weighted by molar-refractivity contribution is -0.148. The standard InChI is InChI=1S/C17H20O6/c1-7(19)21-6-10-8-3-11(8)16(2)12(10)4-13-9(5-18)14(20)22-17(13)15(16)23-17/h8,10-12,15,18H,3-6H2,1-2H3/t8-,10-,11-,12+,15+,16+,17-/m1/s1. The SMILES string of the molecule is CC(=O)OC[C@@H]1[C@H]2C[C@H]2[C@]2(C)[C@@H]3O[C@@]34OC(=O)C(CO)=C4C[C@@H]12. The van der Waals surface area contributed by atoms with Gasteiger partial charge in [0.1, 0.15) is 6.10 Å². The Labute approximate surface area is 133 Å².